The predicted octanol–water partition coefficient (Wildman–Crippen LogP) is 3.69. The Bertz CT molecular complexity index is 1010. The highest BCUT2D eigenvalue weighted by atomic mass is 16.5. The van der Waals surface area contributed by atoms with Crippen LogP contribution in [0.3, 0.4) is 0 Å². The van der Waals surface area contributed by atoms with Crippen molar-refractivity contribution in [1.82, 2.24) is 10.3 Å². The van der Waals surface area contributed by atoms with Crippen LogP contribution in [0.25, 0.3) is 10.9 Å². The number of H-pyrrole nitrogens is 1. The van der Waals surface area contributed by atoms with Gasteiger partial charge in [-0.05, 0) is 30.4 Å². The number of nitrogens with one attached hydrogen (secondary N) is 2. The highest BCUT2D eigenvalue weighted by Crippen LogP contribution is 2.31. The van der Waals surface area contributed by atoms with Crippen molar-refractivity contribution >= 4 is 22.8 Å². The molecule has 1 saturated heterocycles. The van der Waals surface area contributed by atoms with E-state index in [0.717, 1.165) is 29.3 Å². The Hall–Kier alpha value is -3.12. The first kappa shape index (κ1) is 19.2. The number of hydrogen-bond donors (Lipinski definition) is 3. The molecule has 1 atom stereocenters. The van der Waals surface area contributed by atoms with E-state index in [1.54, 1.807) is 0 Å². The van der Waals surface area contributed by atoms with E-state index in [1.807, 2.05) is 54.6 Å². The Morgan fingerprint density at radius 1 is 1.07 bits per heavy atom. The van der Waals surface area contributed by atoms with Crippen LogP contribution in [0.15, 0.2) is 54.6 Å². The lowest BCUT2D eigenvalue weighted by molar-refractivity contribution is -0.136. The first-order valence-electron chi connectivity index (χ1n) is 9.88. The number of aromatic nitrogens is 1. The Morgan fingerprint density at radius 2 is 1.76 bits per heavy atom. The summed E-state index contributed by atoms with van der Waals surface area (Å²) in [6.07, 6.45) is 1.53. The van der Waals surface area contributed by atoms with Crippen LogP contribution in [0.2, 0.25) is 0 Å². The van der Waals surface area contributed by atoms with Crippen LogP contribution in [0.5, 0.6) is 0 Å². The molecule has 6 nitrogen and oxygen atoms in total. The molecule has 0 bridgehead atoms. The summed E-state index contributed by atoms with van der Waals surface area (Å²) in [4.78, 5) is 27.8. The third kappa shape index (κ3) is 4.17. The molecule has 0 radical (unpaired) electrons. The minimum Gasteiger partial charge on any atom is -0.481 e. The molecule has 1 aliphatic rings. The first-order valence-corrected chi connectivity index (χ1v) is 9.88. The second kappa shape index (κ2) is 8.49. The Labute approximate surface area is 168 Å². The molecule has 0 spiro atoms. The molecule has 4 rings (SSSR count). The fourth-order valence-corrected chi connectivity index (χ4v) is 4.12. The summed E-state index contributed by atoms with van der Waals surface area (Å²) in [6, 6.07) is 17.2. The molecule has 1 unspecified atom stereocenters. The minimum absolute atomic E-state index is 0.156. The molecule has 1 fully saturated rings. The average molecular weight is 392 g/mol. The van der Waals surface area contributed by atoms with Gasteiger partial charge in [0.2, 0.25) is 0 Å². The van der Waals surface area contributed by atoms with Crippen LogP contribution in [-0.4, -0.2) is 35.2 Å². The van der Waals surface area contributed by atoms with Gasteiger partial charge in [0.15, 0.2) is 0 Å². The summed E-state index contributed by atoms with van der Waals surface area (Å²) in [6.45, 7) is 1.36. The number of carbonyl (C=O) groups is 2. The Kier molecular flexibility index (Phi) is 5.62. The number of carbonyl (C=O) groups excluding carboxylic acids is 1. The van der Waals surface area contributed by atoms with E-state index in [0.29, 0.717) is 24.5 Å². The van der Waals surface area contributed by atoms with E-state index in [-0.39, 0.29) is 24.3 Å². The summed E-state index contributed by atoms with van der Waals surface area (Å²) >= 11 is 0. The molecule has 3 N–H and O–H groups in total. The van der Waals surface area contributed by atoms with Crippen molar-refractivity contribution < 1.29 is 19.4 Å². The number of carboxylic acid groups (broad SMARTS) is 1. The molecular weight excluding hydrogens is 368 g/mol. The zero-order chi connectivity index (χ0) is 20.2. The molecule has 150 valence electrons. The first-order chi connectivity index (χ1) is 14.1. The molecule has 1 aromatic heterocycles. The molecule has 29 heavy (non-hydrogen) atoms. The van der Waals surface area contributed by atoms with Gasteiger partial charge < -0.3 is 20.1 Å². The van der Waals surface area contributed by atoms with E-state index in [1.165, 1.54) is 0 Å². The van der Waals surface area contributed by atoms with Crippen molar-refractivity contribution in [3.63, 3.8) is 0 Å². The third-order valence-corrected chi connectivity index (χ3v) is 5.55. The summed E-state index contributed by atoms with van der Waals surface area (Å²) in [5.74, 6) is -0.979. The summed E-state index contributed by atoms with van der Waals surface area (Å²) in [5, 5.41) is 13.3. The number of aromatic amines is 1. The second-order valence-electron chi connectivity index (χ2n) is 7.41. The van der Waals surface area contributed by atoms with Crippen molar-refractivity contribution in [2.45, 2.75) is 25.3 Å². The van der Waals surface area contributed by atoms with Crippen LogP contribution < -0.4 is 5.32 Å². The Balaban J connectivity index is 1.68. The van der Waals surface area contributed by atoms with Gasteiger partial charge >= 0.3 is 5.97 Å². The largest absolute Gasteiger partial charge is 0.481 e. The quantitative estimate of drug-likeness (QED) is 0.597. The lowest BCUT2D eigenvalue weighted by atomic mass is 9.87. The number of fused-ring (bicyclic) bond motifs is 1. The fourth-order valence-electron chi connectivity index (χ4n) is 4.12. The van der Waals surface area contributed by atoms with Gasteiger partial charge in [-0.25, -0.2) is 0 Å². The van der Waals surface area contributed by atoms with Crippen LogP contribution in [-0.2, 0) is 16.0 Å². The number of para-hydroxylation sites is 1. The molecule has 0 saturated carbocycles. The third-order valence-electron chi connectivity index (χ3n) is 5.55. The number of hydrogen-bond acceptors (Lipinski definition) is 3. The summed E-state index contributed by atoms with van der Waals surface area (Å²) in [5.41, 5.74) is 2.64. The lowest BCUT2D eigenvalue weighted by Crippen LogP contribution is -2.36. The van der Waals surface area contributed by atoms with Gasteiger partial charge in [-0.2, -0.15) is 0 Å². The molecule has 0 aliphatic carbocycles. The zero-order valence-electron chi connectivity index (χ0n) is 16.1. The fraction of sp³-hybridized carbons (Fsp3) is 0.304. The van der Waals surface area contributed by atoms with Gasteiger partial charge in [0.25, 0.3) is 5.91 Å². The van der Waals surface area contributed by atoms with Crippen LogP contribution in [0.1, 0.15) is 40.5 Å². The van der Waals surface area contributed by atoms with Crippen molar-refractivity contribution in [3.8, 4) is 0 Å². The maximum atomic E-state index is 13.3. The smallest absolute Gasteiger partial charge is 0.307 e. The number of benzene rings is 2. The van der Waals surface area contributed by atoms with Crippen molar-refractivity contribution in [1.29, 1.82) is 0 Å². The number of aliphatic carboxylic acids is 1. The number of amides is 1. The van der Waals surface area contributed by atoms with Gasteiger partial charge in [-0.1, -0.05) is 48.5 Å². The normalized spacial score (nSPS) is 15.9. The summed E-state index contributed by atoms with van der Waals surface area (Å²) in [7, 11) is 0. The molecular formula is C23H24N2O4. The highest BCUT2D eigenvalue weighted by Gasteiger charge is 2.29. The van der Waals surface area contributed by atoms with E-state index >= 15 is 0 Å². The average Bonchev–Trinajstić information content (AvgIpc) is 3.11. The Morgan fingerprint density at radius 3 is 2.48 bits per heavy atom. The number of carboxylic acids is 1. The molecule has 1 aliphatic heterocycles. The van der Waals surface area contributed by atoms with Gasteiger partial charge in [0, 0.05) is 29.7 Å². The zero-order valence-corrected chi connectivity index (χ0v) is 16.1. The molecule has 2 heterocycles. The van der Waals surface area contributed by atoms with Crippen LogP contribution in [0, 0.1) is 5.92 Å². The monoisotopic (exact) mass is 392 g/mol. The maximum Gasteiger partial charge on any atom is 0.307 e. The molecule has 6 heteroatoms. The van der Waals surface area contributed by atoms with Gasteiger partial charge in [-0.3, -0.25) is 9.59 Å². The van der Waals surface area contributed by atoms with E-state index in [9.17, 15) is 14.7 Å². The van der Waals surface area contributed by atoms with Crippen LogP contribution >= 0.6 is 0 Å². The van der Waals surface area contributed by atoms with E-state index < -0.39 is 5.97 Å². The van der Waals surface area contributed by atoms with E-state index in [2.05, 4.69) is 10.3 Å². The number of ether oxygens (including phenoxy) is 1. The van der Waals surface area contributed by atoms with Gasteiger partial charge in [0.05, 0.1) is 12.5 Å². The van der Waals surface area contributed by atoms with E-state index in [4.69, 9.17) is 4.74 Å². The topological polar surface area (TPSA) is 91.4 Å². The molecule has 2 aromatic carbocycles. The van der Waals surface area contributed by atoms with Crippen molar-refractivity contribution in [2.75, 3.05) is 13.2 Å². The standard InChI is InChI=1S/C23H24N2O4/c26-20(27)14-18-17-8-4-5-9-19(17)24-22(18)23(28)25-21(15-6-2-1-3-7-15)16-10-12-29-13-11-16/h1-9,16,21,24H,10-14H2,(H,25,28)(H,26,27). The van der Waals surface area contributed by atoms with Gasteiger partial charge in [0.1, 0.15) is 5.69 Å². The minimum atomic E-state index is -0.965. The van der Waals surface area contributed by atoms with Crippen molar-refractivity contribution in [2.24, 2.45) is 5.92 Å². The van der Waals surface area contributed by atoms with Crippen molar-refractivity contribution in [3.05, 3.63) is 71.4 Å². The SMILES string of the molecule is O=C(O)Cc1c(C(=O)NC(c2ccccc2)C2CCOCC2)[nH]c2ccccc12. The van der Waals surface area contributed by atoms with Gasteiger partial charge in [-0.15, -0.1) is 0 Å². The highest BCUT2D eigenvalue weighted by molar-refractivity contribution is 6.02. The maximum absolute atomic E-state index is 13.3. The summed E-state index contributed by atoms with van der Waals surface area (Å²) < 4.78 is 5.49. The lowest BCUT2D eigenvalue weighted by Gasteiger charge is -2.31. The predicted molar refractivity (Wildman–Crippen MR) is 110 cm³/mol. The molecule has 1 amide bonds. The second-order valence-corrected chi connectivity index (χ2v) is 7.41. The van der Waals surface area contributed by atoms with Crippen LogP contribution in [0.4, 0.5) is 0 Å². The molecule has 3 aromatic rings. The number of rotatable bonds is 6.